The van der Waals surface area contributed by atoms with Gasteiger partial charge in [-0.25, -0.2) is 0 Å². The Labute approximate surface area is 128 Å². The van der Waals surface area contributed by atoms with Crippen molar-refractivity contribution >= 4 is 0 Å². The van der Waals surface area contributed by atoms with Crippen molar-refractivity contribution in [1.82, 2.24) is 4.90 Å². The first-order valence-electron chi connectivity index (χ1n) is 7.42. The van der Waals surface area contributed by atoms with Crippen LogP contribution in [0.25, 0.3) is 0 Å². The van der Waals surface area contributed by atoms with E-state index >= 15 is 0 Å². The number of rotatable bonds is 6. The van der Waals surface area contributed by atoms with Crippen LogP contribution in [0.1, 0.15) is 44.7 Å². The summed E-state index contributed by atoms with van der Waals surface area (Å²) in [6.07, 6.45) is 1.58. The Hall–Kier alpha value is -1.50. The van der Waals surface area contributed by atoms with E-state index in [4.69, 9.17) is 9.84 Å². The molecular weight excluding hydrogens is 262 g/mol. The Bertz CT molecular complexity index is 512. The molecule has 21 heavy (non-hydrogen) atoms. The minimum absolute atomic E-state index is 0.0985. The molecule has 3 nitrogen and oxygen atoms in total. The highest BCUT2D eigenvalue weighted by atomic mass is 16.5. The highest BCUT2D eigenvalue weighted by Gasteiger charge is 2.21. The first kappa shape index (κ1) is 17.6. The molecule has 0 saturated carbocycles. The molecule has 116 valence electrons. The van der Waals surface area contributed by atoms with E-state index in [0.717, 1.165) is 29.8 Å². The van der Waals surface area contributed by atoms with E-state index in [1.54, 1.807) is 7.11 Å². The summed E-state index contributed by atoms with van der Waals surface area (Å²) in [6.45, 7) is 7.60. The van der Waals surface area contributed by atoms with Gasteiger partial charge < -0.3 is 9.84 Å². The Morgan fingerprint density at radius 1 is 1.33 bits per heavy atom. The van der Waals surface area contributed by atoms with Crippen molar-refractivity contribution in [3.05, 3.63) is 29.3 Å². The maximum absolute atomic E-state index is 8.85. The average Bonchev–Trinajstić information content (AvgIpc) is 2.48. The van der Waals surface area contributed by atoms with Gasteiger partial charge in [0.25, 0.3) is 0 Å². The van der Waals surface area contributed by atoms with Gasteiger partial charge in [0.2, 0.25) is 0 Å². The first-order chi connectivity index (χ1) is 9.94. The van der Waals surface area contributed by atoms with Gasteiger partial charge in [0.1, 0.15) is 5.75 Å². The van der Waals surface area contributed by atoms with E-state index in [9.17, 15) is 0 Å². The van der Waals surface area contributed by atoms with Crippen LogP contribution in [0.3, 0.4) is 0 Å². The van der Waals surface area contributed by atoms with Gasteiger partial charge in [0, 0.05) is 24.1 Å². The predicted octanol–water partition coefficient (Wildman–Crippen LogP) is 3.05. The molecular formula is C18H27NO2. The lowest BCUT2D eigenvalue weighted by atomic mass is 9.98. The van der Waals surface area contributed by atoms with E-state index in [1.165, 1.54) is 0 Å². The fourth-order valence-electron chi connectivity index (χ4n) is 1.90. The third kappa shape index (κ3) is 5.08. The van der Waals surface area contributed by atoms with E-state index in [-0.39, 0.29) is 12.1 Å². The highest BCUT2D eigenvalue weighted by molar-refractivity contribution is 5.45. The normalized spacial score (nSPS) is 11.2. The number of aliphatic hydroxyl groups is 1. The van der Waals surface area contributed by atoms with Crippen LogP contribution in [0.15, 0.2) is 18.2 Å². The van der Waals surface area contributed by atoms with Crippen LogP contribution in [0.2, 0.25) is 0 Å². The maximum Gasteiger partial charge on any atom is 0.119 e. The van der Waals surface area contributed by atoms with Gasteiger partial charge in [-0.05, 0) is 51.1 Å². The van der Waals surface area contributed by atoms with E-state index < -0.39 is 0 Å². The number of hydrogen-bond acceptors (Lipinski definition) is 3. The standard InChI is InChI=1S/C18H27NO2/c1-6-18(2,3)19(4)14-16-13-17(21-5)11-10-15(16)9-7-8-12-20/h10-11,13,20H,6,8,12,14H2,1-5H3. The molecule has 0 radical (unpaired) electrons. The second-order valence-electron chi connectivity index (χ2n) is 5.82. The van der Waals surface area contributed by atoms with Crippen molar-refractivity contribution in [2.45, 2.75) is 45.7 Å². The third-order valence-electron chi connectivity index (χ3n) is 4.08. The second-order valence-corrected chi connectivity index (χ2v) is 5.82. The zero-order chi connectivity index (χ0) is 15.9. The summed E-state index contributed by atoms with van der Waals surface area (Å²) in [6, 6.07) is 5.97. The Morgan fingerprint density at radius 2 is 2.05 bits per heavy atom. The molecule has 1 aromatic carbocycles. The maximum atomic E-state index is 8.85. The molecule has 0 aliphatic carbocycles. The molecule has 1 N–H and O–H groups in total. The van der Waals surface area contributed by atoms with Crippen molar-refractivity contribution < 1.29 is 9.84 Å². The minimum Gasteiger partial charge on any atom is -0.497 e. The molecule has 0 saturated heterocycles. The molecule has 0 bridgehead atoms. The molecule has 0 aliphatic rings. The summed E-state index contributed by atoms with van der Waals surface area (Å²) < 4.78 is 5.32. The summed E-state index contributed by atoms with van der Waals surface area (Å²) in [5.41, 5.74) is 2.30. The SMILES string of the molecule is CCC(C)(C)N(C)Cc1cc(OC)ccc1C#CCCO. The van der Waals surface area contributed by atoms with Gasteiger partial charge in [-0.1, -0.05) is 18.8 Å². The lowest BCUT2D eigenvalue weighted by Crippen LogP contribution is -2.39. The van der Waals surface area contributed by atoms with Crippen LogP contribution < -0.4 is 4.74 Å². The van der Waals surface area contributed by atoms with Crippen molar-refractivity contribution in [3.8, 4) is 17.6 Å². The van der Waals surface area contributed by atoms with E-state index in [0.29, 0.717) is 6.42 Å². The largest absolute Gasteiger partial charge is 0.497 e. The second kappa shape index (κ2) is 8.07. The zero-order valence-corrected chi connectivity index (χ0v) is 13.9. The Kier molecular flexibility index (Phi) is 6.74. The van der Waals surface area contributed by atoms with E-state index in [1.807, 2.05) is 18.2 Å². The number of methoxy groups -OCH3 is 1. The summed E-state index contributed by atoms with van der Waals surface area (Å²) in [7, 11) is 3.81. The molecule has 0 atom stereocenters. The monoisotopic (exact) mass is 289 g/mol. The summed E-state index contributed by atoms with van der Waals surface area (Å²) in [5.74, 6) is 6.99. The Balaban J connectivity index is 3.05. The minimum atomic E-state index is 0.0985. The molecule has 0 unspecified atom stereocenters. The summed E-state index contributed by atoms with van der Waals surface area (Å²) in [5, 5.41) is 8.85. The first-order valence-corrected chi connectivity index (χ1v) is 7.42. The number of nitrogens with zero attached hydrogens (tertiary/aromatic N) is 1. The van der Waals surface area contributed by atoms with Gasteiger partial charge in [0.05, 0.1) is 13.7 Å². The van der Waals surface area contributed by atoms with E-state index in [2.05, 4.69) is 44.6 Å². The molecule has 0 aliphatic heterocycles. The number of hydrogen-bond donors (Lipinski definition) is 1. The lowest BCUT2D eigenvalue weighted by Gasteiger charge is -2.35. The molecule has 1 aromatic rings. The fraction of sp³-hybridized carbons (Fsp3) is 0.556. The van der Waals surface area contributed by atoms with Crippen LogP contribution >= 0.6 is 0 Å². The molecule has 3 heteroatoms. The molecule has 0 aromatic heterocycles. The van der Waals surface area contributed by atoms with Gasteiger partial charge in [-0.15, -0.1) is 0 Å². The number of aliphatic hydroxyl groups excluding tert-OH is 1. The Morgan fingerprint density at radius 3 is 2.62 bits per heavy atom. The van der Waals surface area contributed by atoms with Crippen LogP contribution in [0.5, 0.6) is 5.75 Å². The van der Waals surface area contributed by atoms with Gasteiger partial charge in [-0.2, -0.15) is 0 Å². The van der Waals surface area contributed by atoms with Crippen LogP contribution in [-0.4, -0.2) is 36.3 Å². The van der Waals surface area contributed by atoms with Crippen LogP contribution in [-0.2, 0) is 6.54 Å². The fourth-order valence-corrected chi connectivity index (χ4v) is 1.90. The molecule has 0 spiro atoms. The lowest BCUT2D eigenvalue weighted by molar-refractivity contribution is 0.143. The van der Waals surface area contributed by atoms with Crippen molar-refractivity contribution in [3.63, 3.8) is 0 Å². The predicted molar refractivity (Wildman–Crippen MR) is 87.4 cm³/mol. The molecule has 0 fully saturated rings. The number of benzene rings is 1. The highest BCUT2D eigenvalue weighted by Crippen LogP contribution is 2.23. The van der Waals surface area contributed by atoms with Crippen molar-refractivity contribution in [2.24, 2.45) is 0 Å². The average molecular weight is 289 g/mol. The molecule has 1 rings (SSSR count). The smallest absolute Gasteiger partial charge is 0.119 e. The summed E-state index contributed by atoms with van der Waals surface area (Å²) in [4.78, 5) is 2.33. The van der Waals surface area contributed by atoms with Crippen molar-refractivity contribution in [1.29, 1.82) is 0 Å². The van der Waals surface area contributed by atoms with Crippen LogP contribution in [0, 0.1) is 11.8 Å². The summed E-state index contributed by atoms with van der Waals surface area (Å²) >= 11 is 0. The van der Waals surface area contributed by atoms with Gasteiger partial charge in [-0.3, -0.25) is 4.90 Å². The number of ether oxygens (including phenoxy) is 1. The third-order valence-corrected chi connectivity index (χ3v) is 4.08. The molecule has 0 heterocycles. The topological polar surface area (TPSA) is 32.7 Å². The quantitative estimate of drug-likeness (QED) is 0.817. The zero-order valence-electron chi connectivity index (χ0n) is 13.9. The van der Waals surface area contributed by atoms with Crippen molar-refractivity contribution in [2.75, 3.05) is 20.8 Å². The molecule has 0 amide bonds. The van der Waals surface area contributed by atoms with Gasteiger partial charge >= 0.3 is 0 Å². The van der Waals surface area contributed by atoms with Gasteiger partial charge in [0.15, 0.2) is 0 Å². The van der Waals surface area contributed by atoms with Crippen LogP contribution in [0.4, 0.5) is 0 Å².